The zero-order valence-electron chi connectivity index (χ0n) is 30.7. The van der Waals surface area contributed by atoms with Crippen molar-refractivity contribution in [3.8, 4) is 5.75 Å². The molecule has 0 spiro atoms. The van der Waals surface area contributed by atoms with Crippen LogP contribution < -0.4 is 14.5 Å². The lowest BCUT2D eigenvalue weighted by atomic mass is 10.1. The largest absolute Gasteiger partial charge is 0.496 e. The molecule has 3 aromatic rings. The molecule has 0 fully saturated rings. The summed E-state index contributed by atoms with van der Waals surface area (Å²) in [5.41, 5.74) is 4.74. The van der Waals surface area contributed by atoms with Crippen molar-refractivity contribution in [2.24, 2.45) is 15.0 Å². The van der Waals surface area contributed by atoms with E-state index < -0.39 is 0 Å². The summed E-state index contributed by atoms with van der Waals surface area (Å²) in [5, 5.41) is 6.81. The maximum atomic E-state index is 5.96. The molecule has 0 saturated carbocycles. The van der Waals surface area contributed by atoms with Gasteiger partial charge in [0.05, 0.1) is 17.8 Å². The highest BCUT2D eigenvalue weighted by Crippen LogP contribution is 2.34. The third-order valence-corrected chi connectivity index (χ3v) is 10.1. The number of amidine groups is 1. The van der Waals surface area contributed by atoms with Crippen LogP contribution in [0.1, 0.15) is 122 Å². The predicted octanol–water partition coefficient (Wildman–Crippen LogP) is 10.4. The van der Waals surface area contributed by atoms with Gasteiger partial charge in [0.1, 0.15) is 16.5 Å². The van der Waals surface area contributed by atoms with E-state index in [4.69, 9.17) is 24.8 Å². The summed E-state index contributed by atoms with van der Waals surface area (Å²) in [5.74, 6) is 1.88. The first kappa shape index (κ1) is 37.4. The fourth-order valence-corrected chi connectivity index (χ4v) is 7.31. The molecule has 0 N–H and O–H groups in total. The van der Waals surface area contributed by atoms with Crippen LogP contribution >= 0.6 is 11.3 Å². The first-order valence-electron chi connectivity index (χ1n) is 18.5. The molecule has 0 saturated heterocycles. The Balaban J connectivity index is 1.69. The molecule has 4 rings (SSSR count). The number of unbranched alkanes of at least 4 members (excludes halogenated alkanes) is 10. The Morgan fingerprint density at radius 3 is 1.98 bits per heavy atom. The van der Waals surface area contributed by atoms with Crippen LogP contribution in [0.2, 0.25) is 0 Å². The molecular weight excluding hydrogens is 615 g/mol. The van der Waals surface area contributed by atoms with E-state index in [9.17, 15) is 0 Å². The number of aliphatic imine (C=N–C) groups is 3. The van der Waals surface area contributed by atoms with Crippen molar-refractivity contribution < 1.29 is 4.74 Å². The van der Waals surface area contributed by atoms with Crippen LogP contribution in [0, 0.1) is 13.8 Å². The van der Waals surface area contributed by atoms with E-state index in [1.54, 1.807) is 18.4 Å². The molecule has 0 amide bonds. The van der Waals surface area contributed by atoms with Gasteiger partial charge in [-0.1, -0.05) is 89.4 Å². The molecule has 1 aliphatic heterocycles. The van der Waals surface area contributed by atoms with Gasteiger partial charge in [-0.25, -0.2) is 14.7 Å². The van der Waals surface area contributed by atoms with Gasteiger partial charge in [-0.15, -0.1) is 0 Å². The minimum atomic E-state index is 0.526. The third-order valence-electron chi connectivity index (χ3n) is 9.06. The Morgan fingerprint density at radius 2 is 1.40 bits per heavy atom. The van der Waals surface area contributed by atoms with Gasteiger partial charge >= 0.3 is 0 Å². The molecule has 0 bridgehead atoms. The SMILES string of the molecule is CCCCCCCCN(CCCCCCCC)c1ccc(OC)c(C2=NC(n3nc(C)cc3C)=N/C2=N\c2ccc(N(CC)CC)s2)c1. The van der Waals surface area contributed by atoms with Crippen molar-refractivity contribution in [3.05, 3.63) is 53.3 Å². The average molecular weight is 674 g/mol. The van der Waals surface area contributed by atoms with Crippen molar-refractivity contribution in [1.82, 2.24) is 9.78 Å². The normalized spacial score (nSPS) is 13.7. The highest BCUT2D eigenvalue weighted by molar-refractivity contribution is 7.19. The van der Waals surface area contributed by atoms with Crippen molar-refractivity contribution in [1.29, 1.82) is 0 Å². The summed E-state index contributed by atoms with van der Waals surface area (Å²) in [6.45, 7) is 17.0. The maximum Gasteiger partial charge on any atom is 0.253 e. The molecule has 0 atom stereocenters. The third kappa shape index (κ3) is 10.3. The lowest BCUT2D eigenvalue weighted by Gasteiger charge is -2.26. The Bertz CT molecular complexity index is 1500. The van der Waals surface area contributed by atoms with Crippen LogP contribution in [0.3, 0.4) is 0 Å². The van der Waals surface area contributed by atoms with E-state index in [1.807, 2.05) is 24.6 Å². The Kier molecular flexibility index (Phi) is 15.2. The zero-order valence-corrected chi connectivity index (χ0v) is 31.5. The van der Waals surface area contributed by atoms with Crippen molar-refractivity contribution in [2.45, 2.75) is 119 Å². The van der Waals surface area contributed by atoms with Crippen LogP contribution in [0.4, 0.5) is 15.7 Å². The van der Waals surface area contributed by atoms with Crippen LogP contribution in [0.25, 0.3) is 0 Å². The molecule has 1 aliphatic rings. The smallest absolute Gasteiger partial charge is 0.253 e. The Labute approximate surface area is 294 Å². The summed E-state index contributed by atoms with van der Waals surface area (Å²) in [6, 6.07) is 12.8. The lowest BCUT2D eigenvalue weighted by molar-refractivity contribution is 0.414. The van der Waals surface area contributed by atoms with E-state index in [0.717, 1.165) is 53.9 Å². The molecule has 8 nitrogen and oxygen atoms in total. The molecule has 0 unspecified atom stereocenters. The standard InChI is InChI=1S/C39H59N7OS/c1-8-12-14-16-18-20-26-45(27-21-19-17-15-13-9-2)32-22-23-34(47-7)33(29-32)37-38(40-35-24-25-36(48-35)44(10-3)11-4)42-39(41-37)46-31(6)28-30(5)43-46/h22-25,28-29H,8-21,26-27H2,1-7H3/b40-38-. The van der Waals surface area contributed by atoms with Gasteiger partial charge in [-0.2, -0.15) is 10.1 Å². The molecule has 3 heterocycles. The fourth-order valence-electron chi connectivity index (χ4n) is 6.31. The van der Waals surface area contributed by atoms with Crippen molar-refractivity contribution in [3.63, 3.8) is 0 Å². The van der Waals surface area contributed by atoms with Gasteiger partial charge in [0.2, 0.25) is 0 Å². The summed E-state index contributed by atoms with van der Waals surface area (Å²) >= 11 is 1.68. The molecule has 48 heavy (non-hydrogen) atoms. The molecule has 0 aliphatic carbocycles. The predicted molar refractivity (Wildman–Crippen MR) is 208 cm³/mol. The highest BCUT2D eigenvalue weighted by Gasteiger charge is 2.26. The fraction of sp³-hybridized carbons (Fsp3) is 0.590. The van der Waals surface area contributed by atoms with E-state index in [2.05, 4.69) is 67.8 Å². The van der Waals surface area contributed by atoms with Gasteiger partial charge in [-0.3, -0.25) is 0 Å². The maximum absolute atomic E-state index is 5.96. The number of rotatable bonds is 21. The number of ether oxygens (including phenoxy) is 1. The van der Waals surface area contributed by atoms with E-state index in [0.29, 0.717) is 17.5 Å². The van der Waals surface area contributed by atoms with Gasteiger partial charge in [0.25, 0.3) is 5.96 Å². The van der Waals surface area contributed by atoms with E-state index in [1.165, 1.54) is 87.7 Å². The summed E-state index contributed by atoms with van der Waals surface area (Å²) in [6.07, 6.45) is 15.5. The van der Waals surface area contributed by atoms with Crippen molar-refractivity contribution in [2.75, 3.05) is 43.1 Å². The molecule has 2 aromatic heterocycles. The molecule has 262 valence electrons. The molecular formula is C39H59N7OS. The second-order valence-corrected chi connectivity index (χ2v) is 13.9. The first-order chi connectivity index (χ1) is 23.4. The topological polar surface area (TPSA) is 70.6 Å². The Morgan fingerprint density at radius 1 is 0.750 bits per heavy atom. The molecule has 0 radical (unpaired) electrons. The quantitative estimate of drug-likeness (QED) is 0.106. The summed E-state index contributed by atoms with van der Waals surface area (Å²) < 4.78 is 7.78. The van der Waals surface area contributed by atoms with Crippen molar-refractivity contribution >= 4 is 44.5 Å². The van der Waals surface area contributed by atoms with Gasteiger partial charge in [0, 0.05) is 43.1 Å². The van der Waals surface area contributed by atoms with Crippen LogP contribution in [0.15, 0.2) is 51.4 Å². The van der Waals surface area contributed by atoms with E-state index >= 15 is 0 Å². The van der Waals surface area contributed by atoms with Crippen LogP contribution in [0.5, 0.6) is 5.75 Å². The van der Waals surface area contributed by atoms with Gasteiger partial charge in [-0.05, 0) is 76.9 Å². The number of hydrogen-bond acceptors (Lipinski definition) is 7. The number of anilines is 2. The second-order valence-electron chi connectivity index (χ2n) is 12.8. The molecule has 1 aromatic carbocycles. The summed E-state index contributed by atoms with van der Waals surface area (Å²) in [4.78, 5) is 20.1. The number of methoxy groups -OCH3 is 1. The monoisotopic (exact) mass is 673 g/mol. The number of nitrogens with zero attached hydrogens (tertiary/aromatic N) is 7. The van der Waals surface area contributed by atoms with Gasteiger partial charge in [0.15, 0.2) is 5.84 Å². The number of aryl methyl sites for hydroxylation is 2. The van der Waals surface area contributed by atoms with E-state index in [-0.39, 0.29) is 0 Å². The number of hydrogen-bond donors (Lipinski definition) is 0. The number of thiophene rings is 1. The van der Waals surface area contributed by atoms with Crippen LogP contribution in [-0.2, 0) is 0 Å². The van der Waals surface area contributed by atoms with Crippen LogP contribution in [-0.4, -0.2) is 60.6 Å². The average Bonchev–Trinajstić information content (AvgIpc) is 3.82. The number of aromatic nitrogens is 2. The van der Waals surface area contributed by atoms with Gasteiger partial charge < -0.3 is 14.5 Å². The highest BCUT2D eigenvalue weighted by atomic mass is 32.1. The Hall–Kier alpha value is -3.46. The second kappa shape index (κ2) is 19.5. The minimum Gasteiger partial charge on any atom is -0.496 e. The summed E-state index contributed by atoms with van der Waals surface area (Å²) in [7, 11) is 1.73. The lowest BCUT2D eigenvalue weighted by Crippen LogP contribution is -2.26. The first-order valence-corrected chi connectivity index (χ1v) is 19.3. The molecule has 9 heteroatoms. The number of benzene rings is 1. The zero-order chi connectivity index (χ0) is 34.3. The minimum absolute atomic E-state index is 0.526.